The third kappa shape index (κ3) is 3.87. The minimum atomic E-state index is -1.09. The van der Waals surface area contributed by atoms with E-state index in [9.17, 15) is 9.59 Å². The maximum Gasteiger partial charge on any atom is 0.410 e. The summed E-state index contributed by atoms with van der Waals surface area (Å²) in [4.78, 5) is 24.4. The summed E-state index contributed by atoms with van der Waals surface area (Å²) in [5, 5.41) is 8.96. The Morgan fingerprint density at radius 2 is 2.00 bits per heavy atom. The van der Waals surface area contributed by atoms with Gasteiger partial charge in [0.25, 0.3) is 0 Å². The third-order valence-corrected chi connectivity index (χ3v) is 2.88. The average molecular weight is 258 g/mol. The summed E-state index contributed by atoms with van der Waals surface area (Å²) < 4.78 is 5.28. The smallest absolute Gasteiger partial charge is 0.410 e. The van der Waals surface area contributed by atoms with Crippen molar-refractivity contribution in [2.75, 3.05) is 6.54 Å². The summed E-state index contributed by atoms with van der Waals surface area (Å²) >= 11 is 0. The zero-order valence-corrected chi connectivity index (χ0v) is 11.2. The van der Waals surface area contributed by atoms with Gasteiger partial charge in [0, 0.05) is 6.54 Å². The van der Waals surface area contributed by atoms with Crippen LogP contribution in [0.25, 0.3) is 0 Å². The second-order valence-electron chi connectivity index (χ2n) is 5.60. The van der Waals surface area contributed by atoms with E-state index in [1.807, 2.05) is 0 Å². The largest absolute Gasteiger partial charge is 0.480 e. The zero-order valence-electron chi connectivity index (χ0n) is 11.2. The number of carbonyl (C=O) groups excluding carboxylic acids is 1. The van der Waals surface area contributed by atoms with Gasteiger partial charge in [0.1, 0.15) is 11.6 Å². The van der Waals surface area contributed by atoms with Crippen LogP contribution < -0.4 is 5.73 Å². The van der Waals surface area contributed by atoms with Gasteiger partial charge in [-0.25, -0.2) is 4.79 Å². The van der Waals surface area contributed by atoms with Crippen LogP contribution in [0.1, 0.15) is 40.0 Å². The van der Waals surface area contributed by atoms with Crippen LogP contribution in [-0.2, 0) is 9.53 Å². The van der Waals surface area contributed by atoms with Crippen LogP contribution in [0.5, 0.6) is 0 Å². The molecule has 1 heterocycles. The van der Waals surface area contributed by atoms with Crippen LogP contribution in [0.4, 0.5) is 4.79 Å². The quantitative estimate of drug-likeness (QED) is 0.776. The van der Waals surface area contributed by atoms with Gasteiger partial charge >= 0.3 is 12.1 Å². The minimum Gasteiger partial charge on any atom is -0.480 e. The van der Waals surface area contributed by atoms with Gasteiger partial charge in [-0.1, -0.05) is 0 Å². The van der Waals surface area contributed by atoms with Crippen molar-refractivity contribution in [3.63, 3.8) is 0 Å². The Balaban J connectivity index is 2.76. The fourth-order valence-corrected chi connectivity index (χ4v) is 2.04. The van der Waals surface area contributed by atoms with Crippen LogP contribution in [0.3, 0.4) is 0 Å². The van der Waals surface area contributed by atoms with Crippen LogP contribution in [0, 0.1) is 0 Å². The summed E-state index contributed by atoms with van der Waals surface area (Å²) in [5.41, 5.74) is 5.04. The monoisotopic (exact) mass is 258 g/mol. The highest BCUT2D eigenvalue weighted by Crippen LogP contribution is 2.22. The van der Waals surface area contributed by atoms with Crippen molar-refractivity contribution in [3.05, 3.63) is 0 Å². The molecular weight excluding hydrogens is 236 g/mol. The third-order valence-electron chi connectivity index (χ3n) is 2.88. The normalized spacial score (nSPS) is 22.4. The highest BCUT2D eigenvalue weighted by atomic mass is 16.6. The number of carbonyl (C=O) groups is 2. The highest BCUT2D eigenvalue weighted by molar-refractivity contribution is 5.76. The standard InChI is InChI=1S/C12H22N2O4/c1-12(2,3)18-11(17)14-7-5-4-6-8(14)9(13)10(15)16/h8-9H,4-7,13H2,1-3H3,(H,15,16). The summed E-state index contributed by atoms with van der Waals surface area (Å²) in [6.07, 6.45) is 1.85. The predicted octanol–water partition coefficient (Wildman–Crippen LogP) is 1.19. The van der Waals surface area contributed by atoms with Crippen molar-refractivity contribution in [1.82, 2.24) is 4.90 Å². The van der Waals surface area contributed by atoms with Crippen LogP contribution in [0.15, 0.2) is 0 Å². The summed E-state index contributed by atoms with van der Waals surface area (Å²) in [6.45, 7) is 5.84. The number of rotatable bonds is 2. The zero-order chi connectivity index (χ0) is 13.9. The van der Waals surface area contributed by atoms with Gasteiger partial charge < -0.3 is 20.5 Å². The van der Waals surface area contributed by atoms with Crippen molar-refractivity contribution in [1.29, 1.82) is 0 Å². The Morgan fingerprint density at radius 3 is 2.50 bits per heavy atom. The summed E-state index contributed by atoms with van der Waals surface area (Å²) in [7, 11) is 0. The van der Waals surface area contributed by atoms with E-state index in [1.54, 1.807) is 20.8 Å². The molecule has 2 atom stereocenters. The van der Waals surface area contributed by atoms with E-state index in [0.717, 1.165) is 12.8 Å². The average Bonchev–Trinajstić information content (AvgIpc) is 2.25. The van der Waals surface area contributed by atoms with Gasteiger partial charge in [0.05, 0.1) is 6.04 Å². The molecule has 6 nitrogen and oxygen atoms in total. The van der Waals surface area contributed by atoms with Crippen molar-refractivity contribution < 1.29 is 19.4 Å². The number of piperidine rings is 1. The lowest BCUT2D eigenvalue weighted by molar-refractivity contribution is -0.140. The number of carboxylic acid groups (broad SMARTS) is 1. The molecule has 0 aliphatic carbocycles. The molecule has 0 spiro atoms. The van der Waals surface area contributed by atoms with Crippen molar-refractivity contribution in [3.8, 4) is 0 Å². The maximum atomic E-state index is 12.0. The summed E-state index contributed by atoms with van der Waals surface area (Å²) in [6, 6.07) is -1.54. The molecule has 0 aromatic rings. The van der Waals surface area contributed by atoms with E-state index in [4.69, 9.17) is 15.6 Å². The molecular formula is C12H22N2O4. The second-order valence-corrected chi connectivity index (χ2v) is 5.60. The second kappa shape index (κ2) is 5.56. The van der Waals surface area contributed by atoms with Crippen LogP contribution >= 0.6 is 0 Å². The predicted molar refractivity (Wildman–Crippen MR) is 66.2 cm³/mol. The number of hydrogen-bond donors (Lipinski definition) is 2. The van der Waals surface area contributed by atoms with E-state index < -0.39 is 29.7 Å². The fourth-order valence-electron chi connectivity index (χ4n) is 2.04. The molecule has 0 bridgehead atoms. The van der Waals surface area contributed by atoms with E-state index >= 15 is 0 Å². The Bertz CT molecular complexity index is 325. The molecule has 1 aliphatic rings. The Labute approximate surface area is 107 Å². The molecule has 1 aliphatic heterocycles. The van der Waals surface area contributed by atoms with Gasteiger partial charge in [-0.15, -0.1) is 0 Å². The molecule has 0 aromatic carbocycles. The first-order valence-electron chi connectivity index (χ1n) is 6.20. The van der Waals surface area contributed by atoms with E-state index in [0.29, 0.717) is 13.0 Å². The number of aliphatic carboxylic acids is 1. The topological polar surface area (TPSA) is 92.9 Å². The molecule has 1 saturated heterocycles. The first-order chi connectivity index (χ1) is 8.22. The Hall–Kier alpha value is -1.30. The van der Waals surface area contributed by atoms with Gasteiger partial charge in [0.15, 0.2) is 0 Å². The number of likely N-dealkylation sites (tertiary alicyclic amines) is 1. The van der Waals surface area contributed by atoms with E-state index in [-0.39, 0.29) is 0 Å². The molecule has 0 aromatic heterocycles. The van der Waals surface area contributed by atoms with Crippen LogP contribution in [-0.4, -0.2) is 46.3 Å². The van der Waals surface area contributed by atoms with Crippen molar-refractivity contribution in [2.24, 2.45) is 5.73 Å². The Kier molecular flexibility index (Phi) is 4.56. The van der Waals surface area contributed by atoms with Crippen molar-refractivity contribution in [2.45, 2.75) is 57.7 Å². The van der Waals surface area contributed by atoms with Gasteiger partial charge in [-0.2, -0.15) is 0 Å². The SMILES string of the molecule is CC(C)(C)OC(=O)N1CCCCC1C(N)C(=O)O. The lowest BCUT2D eigenvalue weighted by atomic mass is 9.96. The first kappa shape index (κ1) is 14.8. The molecule has 6 heteroatoms. The summed E-state index contributed by atoms with van der Waals surface area (Å²) in [5.74, 6) is -1.09. The molecule has 1 amide bonds. The van der Waals surface area contributed by atoms with Gasteiger partial charge in [-0.05, 0) is 40.0 Å². The van der Waals surface area contributed by atoms with Gasteiger partial charge in [-0.3, -0.25) is 4.79 Å². The van der Waals surface area contributed by atoms with Crippen LogP contribution in [0.2, 0.25) is 0 Å². The fraction of sp³-hybridized carbons (Fsp3) is 0.833. The van der Waals surface area contributed by atoms with E-state index in [2.05, 4.69) is 0 Å². The number of ether oxygens (including phenoxy) is 1. The molecule has 1 rings (SSSR count). The molecule has 0 radical (unpaired) electrons. The molecule has 2 unspecified atom stereocenters. The number of carboxylic acids is 1. The number of amides is 1. The van der Waals surface area contributed by atoms with Gasteiger partial charge in [0.2, 0.25) is 0 Å². The first-order valence-corrected chi connectivity index (χ1v) is 6.20. The minimum absolute atomic E-state index is 0.480. The molecule has 1 fully saturated rings. The molecule has 0 saturated carbocycles. The Morgan fingerprint density at radius 1 is 1.39 bits per heavy atom. The lowest BCUT2D eigenvalue weighted by Gasteiger charge is -2.38. The number of nitrogens with two attached hydrogens (primary N) is 1. The molecule has 104 valence electrons. The maximum absolute atomic E-state index is 12.0. The number of hydrogen-bond acceptors (Lipinski definition) is 4. The molecule has 18 heavy (non-hydrogen) atoms. The van der Waals surface area contributed by atoms with E-state index in [1.165, 1.54) is 4.90 Å². The lowest BCUT2D eigenvalue weighted by Crippen LogP contribution is -2.56. The molecule has 3 N–H and O–H groups in total. The number of nitrogens with zero attached hydrogens (tertiary/aromatic N) is 1. The highest BCUT2D eigenvalue weighted by Gasteiger charge is 2.36. The van der Waals surface area contributed by atoms with Crippen molar-refractivity contribution >= 4 is 12.1 Å².